The molecule has 154 valence electrons. The van der Waals surface area contributed by atoms with Crippen molar-refractivity contribution in [3.05, 3.63) is 89.2 Å². The van der Waals surface area contributed by atoms with Crippen LogP contribution >= 0.6 is 0 Å². The van der Waals surface area contributed by atoms with Gasteiger partial charge in [-0.2, -0.15) is 5.26 Å². The second kappa shape index (κ2) is 8.93. The van der Waals surface area contributed by atoms with Gasteiger partial charge in [0.05, 0.1) is 23.0 Å². The molecular formula is C26H23N3O2. The Balaban J connectivity index is 1.74. The zero-order valence-corrected chi connectivity index (χ0v) is 17.6. The molecule has 2 aromatic carbocycles. The molecule has 31 heavy (non-hydrogen) atoms. The van der Waals surface area contributed by atoms with Crippen molar-refractivity contribution in [1.82, 2.24) is 4.98 Å². The molecule has 1 aliphatic rings. The SMILES string of the molecule is CC(C)CC(=O)c1cc(C2=NOC(c3ccccn3)C2)cc(-c2ccccc2C#N)c1. The van der Waals surface area contributed by atoms with E-state index in [2.05, 4.69) is 16.2 Å². The summed E-state index contributed by atoms with van der Waals surface area (Å²) in [5.41, 5.74) is 5.23. The highest BCUT2D eigenvalue weighted by atomic mass is 16.6. The van der Waals surface area contributed by atoms with Gasteiger partial charge in [0.25, 0.3) is 0 Å². The van der Waals surface area contributed by atoms with Crippen molar-refractivity contribution in [2.75, 3.05) is 0 Å². The van der Waals surface area contributed by atoms with Crippen LogP contribution in [-0.2, 0) is 4.84 Å². The van der Waals surface area contributed by atoms with Crippen molar-refractivity contribution in [3.8, 4) is 17.2 Å². The topological polar surface area (TPSA) is 75.3 Å². The molecule has 0 N–H and O–H groups in total. The number of pyridine rings is 1. The van der Waals surface area contributed by atoms with Crippen LogP contribution in [0.2, 0.25) is 0 Å². The first-order valence-corrected chi connectivity index (χ1v) is 10.4. The van der Waals surface area contributed by atoms with Crippen molar-refractivity contribution in [1.29, 1.82) is 5.26 Å². The number of hydrogen-bond donors (Lipinski definition) is 0. The minimum absolute atomic E-state index is 0.0772. The summed E-state index contributed by atoms with van der Waals surface area (Å²) >= 11 is 0. The second-order valence-electron chi connectivity index (χ2n) is 8.07. The van der Waals surface area contributed by atoms with Crippen molar-refractivity contribution in [2.45, 2.75) is 32.8 Å². The minimum Gasteiger partial charge on any atom is -0.385 e. The number of nitrogens with zero attached hydrogens (tertiary/aromatic N) is 3. The smallest absolute Gasteiger partial charge is 0.174 e. The summed E-state index contributed by atoms with van der Waals surface area (Å²) < 4.78 is 0. The van der Waals surface area contributed by atoms with E-state index in [0.29, 0.717) is 24.0 Å². The number of benzene rings is 2. The molecule has 0 saturated carbocycles. The van der Waals surface area contributed by atoms with Gasteiger partial charge in [-0.1, -0.05) is 43.3 Å². The lowest BCUT2D eigenvalue weighted by Gasteiger charge is -2.12. The summed E-state index contributed by atoms with van der Waals surface area (Å²) in [4.78, 5) is 22.9. The van der Waals surface area contributed by atoms with E-state index in [1.165, 1.54) is 0 Å². The Morgan fingerprint density at radius 1 is 1.13 bits per heavy atom. The molecule has 0 amide bonds. The van der Waals surface area contributed by atoms with Crippen molar-refractivity contribution < 1.29 is 9.63 Å². The highest BCUT2D eigenvalue weighted by molar-refractivity contribution is 6.06. The van der Waals surface area contributed by atoms with Crippen molar-refractivity contribution >= 4 is 11.5 Å². The lowest BCUT2D eigenvalue weighted by atomic mass is 9.91. The molecule has 1 aliphatic heterocycles. The van der Waals surface area contributed by atoms with E-state index < -0.39 is 0 Å². The standard InChI is InChI=1S/C26H23N3O2/c1-17(2)11-25(30)21-13-19(22-8-4-3-7-18(22)16-27)12-20(14-21)24-15-26(31-29-24)23-9-5-6-10-28-23/h3-10,12-14,17,26H,11,15H2,1-2H3. The number of nitriles is 1. The van der Waals surface area contributed by atoms with Crippen LogP contribution in [0.15, 0.2) is 72.0 Å². The molecule has 0 fully saturated rings. The number of ketones is 1. The lowest BCUT2D eigenvalue weighted by molar-refractivity contribution is 0.0826. The average Bonchev–Trinajstić information content (AvgIpc) is 3.29. The van der Waals surface area contributed by atoms with Crippen LogP contribution in [0.3, 0.4) is 0 Å². The summed E-state index contributed by atoms with van der Waals surface area (Å²) in [7, 11) is 0. The average molecular weight is 409 g/mol. The van der Waals surface area contributed by atoms with Gasteiger partial charge in [-0.3, -0.25) is 9.78 Å². The van der Waals surface area contributed by atoms with E-state index >= 15 is 0 Å². The summed E-state index contributed by atoms with van der Waals surface area (Å²) in [5, 5.41) is 13.9. The number of carbonyl (C=O) groups is 1. The Labute approximate surface area is 182 Å². The maximum atomic E-state index is 12.9. The van der Waals surface area contributed by atoms with Gasteiger partial charge < -0.3 is 4.84 Å². The maximum Gasteiger partial charge on any atom is 0.174 e. The largest absolute Gasteiger partial charge is 0.385 e. The van der Waals surface area contributed by atoms with Crippen LogP contribution in [0.1, 0.15) is 60.0 Å². The Kier molecular flexibility index (Phi) is 5.90. The van der Waals surface area contributed by atoms with Crippen molar-refractivity contribution in [3.63, 3.8) is 0 Å². The van der Waals surface area contributed by atoms with E-state index in [4.69, 9.17) is 4.84 Å². The number of aromatic nitrogens is 1. The van der Waals surface area contributed by atoms with Crippen LogP contribution in [0.4, 0.5) is 0 Å². The quantitative estimate of drug-likeness (QED) is 0.488. The van der Waals surface area contributed by atoms with Gasteiger partial charge in [0.2, 0.25) is 0 Å². The predicted molar refractivity (Wildman–Crippen MR) is 120 cm³/mol. The van der Waals surface area contributed by atoms with Crippen LogP contribution in [-0.4, -0.2) is 16.5 Å². The highest BCUT2D eigenvalue weighted by Gasteiger charge is 2.26. The summed E-state index contributed by atoms with van der Waals surface area (Å²) in [6.45, 7) is 4.06. The van der Waals surface area contributed by atoms with E-state index in [0.717, 1.165) is 28.1 Å². The second-order valence-corrected chi connectivity index (χ2v) is 8.07. The normalized spacial score (nSPS) is 15.3. The first-order valence-electron chi connectivity index (χ1n) is 10.4. The lowest BCUT2D eigenvalue weighted by Crippen LogP contribution is -2.08. The summed E-state index contributed by atoms with van der Waals surface area (Å²) in [5.74, 6) is 0.333. The third kappa shape index (κ3) is 4.54. The molecule has 1 aromatic heterocycles. The number of rotatable bonds is 6. The molecule has 4 rings (SSSR count). The molecule has 0 aliphatic carbocycles. The molecule has 1 atom stereocenters. The Morgan fingerprint density at radius 3 is 2.65 bits per heavy atom. The molecule has 0 bridgehead atoms. The summed E-state index contributed by atoms with van der Waals surface area (Å²) in [6.07, 6.45) is 2.51. The van der Waals surface area contributed by atoms with Gasteiger partial charge in [0, 0.05) is 30.2 Å². The monoisotopic (exact) mass is 409 g/mol. The fourth-order valence-electron chi connectivity index (χ4n) is 3.70. The van der Waals surface area contributed by atoms with Gasteiger partial charge in [0.15, 0.2) is 11.9 Å². The zero-order valence-electron chi connectivity index (χ0n) is 17.6. The molecule has 2 heterocycles. The van der Waals surface area contributed by atoms with E-state index in [-0.39, 0.29) is 17.8 Å². The Hall–Kier alpha value is -3.78. The van der Waals surface area contributed by atoms with Crippen LogP contribution < -0.4 is 0 Å². The Bertz CT molecular complexity index is 1180. The number of Topliss-reactive ketones (excluding diaryl/α,β-unsaturated/α-hetero) is 1. The maximum absolute atomic E-state index is 12.9. The van der Waals surface area contributed by atoms with E-state index in [9.17, 15) is 10.1 Å². The van der Waals surface area contributed by atoms with E-state index in [1.807, 2.05) is 68.4 Å². The minimum atomic E-state index is -0.249. The van der Waals surface area contributed by atoms with Crippen LogP contribution in [0.25, 0.3) is 11.1 Å². The number of hydrogen-bond acceptors (Lipinski definition) is 5. The molecule has 5 heteroatoms. The molecular weight excluding hydrogens is 386 g/mol. The molecule has 3 aromatic rings. The fraction of sp³-hybridized carbons (Fsp3) is 0.231. The molecule has 5 nitrogen and oxygen atoms in total. The van der Waals surface area contributed by atoms with Gasteiger partial charge in [-0.25, -0.2) is 0 Å². The third-order valence-corrected chi connectivity index (χ3v) is 5.23. The highest BCUT2D eigenvalue weighted by Crippen LogP contribution is 2.32. The summed E-state index contributed by atoms with van der Waals surface area (Å²) in [6, 6.07) is 21.1. The van der Waals surface area contributed by atoms with E-state index in [1.54, 1.807) is 12.3 Å². The van der Waals surface area contributed by atoms with Gasteiger partial charge in [-0.05, 0) is 53.4 Å². The number of oxime groups is 1. The zero-order chi connectivity index (χ0) is 21.8. The molecule has 0 radical (unpaired) electrons. The first kappa shape index (κ1) is 20.5. The molecule has 1 unspecified atom stereocenters. The predicted octanol–water partition coefficient (Wildman–Crippen LogP) is 5.71. The first-order chi connectivity index (χ1) is 15.0. The van der Waals surface area contributed by atoms with Gasteiger partial charge in [-0.15, -0.1) is 0 Å². The number of carbonyl (C=O) groups excluding carboxylic acids is 1. The Morgan fingerprint density at radius 2 is 1.90 bits per heavy atom. The van der Waals surface area contributed by atoms with Gasteiger partial charge >= 0.3 is 0 Å². The van der Waals surface area contributed by atoms with Crippen LogP contribution in [0.5, 0.6) is 0 Å². The van der Waals surface area contributed by atoms with Gasteiger partial charge in [0.1, 0.15) is 0 Å². The van der Waals surface area contributed by atoms with Crippen LogP contribution in [0, 0.1) is 17.2 Å². The third-order valence-electron chi connectivity index (χ3n) is 5.23. The molecule has 0 spiro atoms. The fourth-order valence-corrected chi connectivity index (χ4v) is 3.70. The molecule has 0 saturated heterocycles. The van der Waals surface area contributed by atoms with Crippen molar-refractivity contribution in [2.24, 2.45) is 11.1 Å².